The van der Waals surface area contributed by atoms with Gasteiger partial charge in [-0.15, -0.1) is 0 Å². The second-order valence-electron chi connectivity index (χ2n) is 6.76. The lowest BCUT2D eigenvalue weighted by molar-refractivity contribution is -0.0307. The molecule has 0 spiro atoms. The summed E-state index contributed by atoms with van der Waals surface area (Å²) < 4.78 is 19.7. The van der Waals surface area contributed by atoms with Crippen molar-refractivity contribution in [3.8, 4) is 0 Å². The molecule has 2 aliphatic carbocycles. The Morgan fingerprint density at radius 3 is 2.80 bits per heavy atom. The Morgan fingerprint density at radius 1 is 1.30 bits per heavy atom. The molecule has 3 aliphatic rings. The third-order valence-corrected chi connectivity index (χ3v) is 9.58. The molecular formula is C16H21O3P. The molecule has 1 aliphatic heterocycles. The Bertz CT molecular complexity index is 572. The van der Waals surface area contributed by atoms with Crippen LogP contribution in [-0.4, -0.2) is 23.0 Å². The lowest BCUT2D eigenvalue weighted by Gasteiger charge is -2.54. The third kappa shape index (κ3) is 1.41. The van der Waals surface area contributed by atoms with Crippen molar-refractivity contribution in [1.82, 2.24) is 0 Å². The van der Waals surface area contributed by atoms with Gasteiger partial charge in [-0.2, -0.15) is 0 Å². The normalized spacial score (nSPS) is 50.1. The van der Waals surface area contributed by atoms with E-state index >= 15 is 0 Å². The van der Waals surface area contributed by atoms with E-state index in [0.29, 0.717) is 18.4 Å². The van der Waals surface area contributed by atoms with Crippen LogP contribution < -0.4 is 5.30 Å². The monoisotopic (exact) mass is 292 g/mol. The fraction of sp³-hybridized carbons (Fsp3) is 0.625. The van der Waals surface area contributed by atoms with Crippen LogP contribution in [0.2, 0.25) is 0 Å². The van der Waals surface area contributed by atoms with Crippen molar-refractivity contribution in [1.29, 1.82) is 0 Å². The summed E-state index contributed by atoms with van der Waals surface area (Å²) in [7, 11) is -2.86. The SMILES string of the molecule is CC12C3CCC1[C@@H](COP2(=O)c1ccccc1)C(O)C3. The highest BCUT2D eigenvalue weighted by Crippen LogP contribution is 2.74. The van der Waals surface area contributed by atoms with Crippen LogP contribution in [0.25, 0.3) is 0 Å². The Balaban J connectivity index is 1.86. The van der Waals surface area contributed by atoms with Gasteiger partial charge in [-0.3, -0.25) is 4.57 Å². The maximum absolute atomic E-state index is 13.8. The van der Waals surface area contributed by atoms with Gasteiger partial charge in [0.05, 0.1) is 17.9 Å². The molecule has 20 heavy (non-hydrogen) atoms. The van der Waals surface area contributed by atoms with E-state index in [4.69, 9.17) is 4.52 Å². The number of benzene rings is 1. The predicted octanol–water partition coefficient (Wildman–Crippen LogP) is 2.79. The zero-order valence-corrected chi connectivity index (χ0v) is 12.6. The highest BCUT2D eigenvalue weighted by molar-refractivity contribution is 7.68. The molecule has 0 radical (unpaired) electrons. The molecule has 1 aromatic carbocycles. The molecule has 3 fully saturated rings. The molecule has 3 nitrogen and oxygen atoms in total. The molecular weight excluding hydrogens is 271 g/mol. The molecule has 6 atom stereocenters. The average molecular weight is 292 g/mol. The summed E-state index contributed by atoms with van der Waals surface area (Å²) in [5.74, 6) is 0.839. The fourth-order valence-corrected chi connectivity index (χ4v) is 8.40. The van der Waals surface area contributed by atoms with Crippen molar-refractivity contribution in [3.63, 3.8) is 0 Å². The zero-order valence-electron chi connectivity index (χ0n) is 11.7. The molecule has 1 saturated heterocycles. The molecule has 2 saturated carbocycles. The van der Waals surface area contributed by atoms with Gasteiger partial charge in [0.2, 0.25) is 7.37 Å². The minimum atomic E-state index is -2.86. The van der Waals surface area contributed by atoms with Gasteiger partial charge in [0, 0.05) is 11.2 Å². The van der Waals surface area contributed by atoms with Crippen molar-refractivity contribution < 1.29 is 14.2 Å². The molecule has 4 bridgehead atoms. The van der Waals surface area contributed by atoms with Crippen molar-refractivity contribution in [2.45, 2.75) is 37.4 Å². The lowest BCUT2D eigenvalue weighted by Crippen LogP contribution is -2.55. The highest BCUT2D eigenvalue weighted by atomic mass is 31.2. The topological polar surface area (TPSA) is 46.5 Å². The van der Waals surface area contributed by atoms with Crippen molar-refractivity contribution in [2.75, 3.05) is 6.61 Å². The molecule has 108 valence electrons. The Labute approximate surface area is 119 Å². The van der Waals surface area contributed by atoms with E-state index in [0.717, 1.165) is 24.6 Å². The quantitative estimate of drug-likeness (QED) is 0.810. The maximum atomic E-state index is 13.8. The number of hydrogen-bond donors (Lipinski definition) is 1. The van der Waals surface area contributed by atoms with Crippen molar-refractivity contribution in [3.05, 3.63) is 30.3 Å². The van der Waals surface area contributed by atoms with Crippen LogP contribution in [0.5, 0.6) is 0 Å². The first kappa shape index (κ1) is 13.1. The van der Waals surface area contributed by atoms with E-state index < -0.39 is 7.37 Å². The maximum Gasteiger partial charge on any atom is 0.238 e. The number of aliphatic hydroxyl groups is 1. The molecule has 1 heterocycles. The van der Waals surface area contributed by atoms with Crippen LogP contribution >= 0.6 is 7.37 Å². The minimum Gasteiger partial charge on any atom is -0.393 e. The standard InChI is InChI=1S/C16H21O3P/c1-16-11-7-8-14(16)13(15(17)9-11)10-19-20(16,18)12-5-3-2-4-6-12/h2-6,11,13-15,17H,7-10H2,1H3/t11?,13-,14?,15?,16?,20?/m1/s1. The van der Waals surface area contributed by atoms with Crippen LogP contribution in [0.15, 0.2) is 30.3 Å². The molecule has 1 aromatic rings. The van der Waals surface area contributed by atoms with Gasteiger partial charge in [0.1, 0.15) is 0 Å². The molecule has 5 unspecified atom stereocenters. The molecule has 4 heteroatoms. The largest absolute Gasteiger partial charge is 0.393 e. The third-order valence-electron chi connectivity index (χ3n) is 6.12. The van der Waals surface area contributed by atoms with Crippen LogP contribution in [0.3, 0.4) is 0 Å². The summed E-state index contributed by atoms with van der Waals surface area (Å²) in [6, 6.07) is 9.71. The minimum absolute atomic E-state index is 0.171. The number of aliphatic hydroxyl groups excluding tert-OH is 1. The first-order valence-corrected chi connectivity index (χ1v) is 9.18. The smallest absolute Gasteiger partial charge is 0.238 e. The predicted molar refractivity (Wildman–Crippen MR) is 78.4 cm³/mol. The number of rotatable bonds is 1. The molecule has 0 aromatic heterocycles. The summed E-state index contributed by atoms with van der Waals surface area (Å²) in [6.45, 7) is 2.60. The summed E-state index contributed by atoms with van der Waals surface area (Å²) in [4.78, 5) is 0. The Morgan fingerprint density at radius 2 is 2.05 bits per heavy atom. The molecule has 0 amide bonds. The van der Waals surface area contributed by atoms with Gasteiger partial charge in [0.25, 0.3) is 0 Å². The molecule has 1 N–H and O–H groups in total. The van der Waals surface area contributed by atoms with E-state index in [1.54, 1.807) is 0 Å². The van der Waals surface area contributed by atoms with Gasteiger partial charge in [-0.05, 0) is 50.2 Å². The van der Waals surface area contributed by atoms with Crippen molar-refractivity contribution in [2.24, 2.45) is 17.8 Å². The molecule has 4 rings (SSSR count). The first-order valence-electron chi connectivity index (χ1n) is 7.56. The van der Waals surface area contributed by atoms with Gasteiger partial charge in [0.15, 0.2) is 0 Å². The Kier molecular flexibility index (Phi) is 2.74. The summed E-state index contributed by atoms with van der Waals surface area (Å²) in [5, 5.41) is 10.9. The Hall–Kier alpha value is -0.630. The van der Waals surface area contributed by atoms with E-state index in [2.05, 4.69) is 6.92 Å². The van der Waals surface area contributed by atoms with Gasteiger partial charge in [-0.25, -0.2) is 0 Å². The van der Waals surface area contributed by atoms with Gasteiger partial charge in [-0.1, -0.05) is 18.2 Å². The van der Waals surface area contributed by atoms with E-state index in [1.165, 1.54) is 0 Å². The summed E-state index contributed by atoms with van der Waals surface area (Å²) >= 11 is 0. The zero-order chi connectivity index (χ0) is 14.0. The van der Waals surface area contributed by atoms with Crippen molar-refractivity contribution >= 4 is 12.7 Å². The van der Waals surface area contributed by atoms with Crippen LogP contribution in [0.1, 0.15) is 26.2 Å². The van der Waals surface area contributed by atoms with Crippen LogP contribution in [0, 0.1) is 17.8 Å². The van der Waals surface area contributed by atoms with E-state index in [1.807, 2.05) is 30.3 Å². The first-order chi connectivity index (χ1) is 9.57. The summed E-state index contributed by atoms with van der Waals surface area (Å²) in [6.07, 6.45) is 2.68. The van der Waals surface area contributed by atoms with Gasteiger partial charge >= 0.3 is 0 Å². The van der Waals surface area contributed by atoms with E-state index in [9.17, 15) is 9.67 Å². The second kappa shape index (κ2) is 4.19. The van der Waals surface area contributed by atoms with E-state index in [-0.39, 0.29) is 17.2 Å². The lowest BCUT2D eigenvalue weighted by atomic mass is 9.71. The highest BCUT2D eigenvalue weighted by Gasteiger charge is 2.67. The number of hydrogen-bond acceptors (Lipinski definition) is 3. The van der Waals surface area contributed by atoms with Crippen LogP contribution in [-0.2, 0) is 9.09 Å². The second-order valence-corrected chi connectivity index (χ2v) is 9.60. The summed E-state index contributed by atoms with van der Waals surface area (Å²) in [5.41, 5.74) is 0. The van der Waals surface area contributed by atoms with Gasteiger partial charge < -0.3 is 9.63 Å². The van der Waals surface area contributed by atoms with Crippen LogP contribution in [0.4, 0.5) is 0 Å². The fourth-order valence-electron chi connectivity index (χ4n) is 5.00. The average Bonchev–Trinajstić information content (AvgIpc) is 2.69.